The molecule has 4 aromatic rings. The number of nitrogens with zero attached hydrogens (tertiary/aromatic N) is 2. The van der Waals surface area contributed by atoms with Crippen molar-refractivity contribution >= 4 is 11.6 Å². The Labute approximate surface area is 218 Å². The highest BCUT2D eigenvalue weighted by Gasteiger charge is 2.24. The van der Waals surface area contributed by atoms with Gasteiger partial charge in [0.15, 0.2) is 0 Å². The van der Waals surface area contributed by atoms with Crippen LogP contribution in [0, 0.1) is 22.7 Å². The maximum Gasteiger partial charge on any atom is 0.0991 e. The molecule has 0 bridgehead atoms. The third-order valence-electron chi connectivity index (χ3n) is 6.57. The molecule has 0 aliphatic carbocycles. The molecule has 3 atom stereocenters. The summed E-state index contributed by atoms with van der Waals surface area (Å²) in [6.07, 6.45) is 1.14. The maximum absolute atomic E-state index is 9.64. The Kier molecular flexibility index (Phi) is 8.53. The third kappa shape index (κ3) is 6.41. The number of benzene rings is 4. The molecule has 2 unspecified atom stereocenters. The van der Waals surface area contributed by atoms with Crippen LogP contribution < -0.4 is 5.32 Å². The molecule has 36 heavy (non-hydrogen) atoms. The van der Waals surface area contributed by atoms with E-state index in [2.05, 4.69) is 66.8 Å². The molecule has 0 fully saturated rings. The zero-order chi connectivity index (χ0) is 25.3. The molecule has 0 heterocycles. The van der Waals surface area contributed by atoms with E-state index in [0.29, 0.717) is 17.0 Å². The highest BCUT2D eigenvalue weighted by Crippen LogP contribution is 2.30. The number of rotatable bonds is 9. The van der Waals surface area contributed by atoms with Gasteiger partial charge in [0, 0.05) is 23.0 Å². The Morgan fingerprint density at radius 2 is 1.47 bits per heavy atom. The van der Waals surface area contributed by atoms with Crippen LogP contribution in [-0.4, -0.2) is 6.04 Å². The molecule has 0 amide bonds. The van der Waals surface area contributed by atoms with Crippen LogP contribution in [0.25, 0.3) is 11.1 Å². The number of nitrogens with one attached hydrogen (secondary N) is 1. The molecule has 4 aromatic carbocycles. The summed E-state index contributed by atoms with van der Waals surface area (Å²) in [7, 11) is 0. The van der Waals surface area contributed by atoms with Crippen LogP contribution in [0.1, 0.15) is 47.6 Å². The number of halogens is 1. The van der Waals surface area contributed by atoms with E-state index in [-0.39, 0.29) is 18.0 Å². The molecule has 4 rings (SSSR count). The predicted octanol–water partition coefficient (Wildman–Crippen LogP) is 7.84. The highest BCUT2D eigenvalue weighted by atomic mass is 35.5. The summed E-state index contributed by atoms with van der Waals surface area (Å²) < 4.78 is 0. The Morgan fingerprint density at radius 1 is 0.778 bits per heavy atom. The van der Waals surface area contributed by atoms with Crippen LogP contribution in [0.15, 0.2) is 103 Å². The standard InChI is InChI=1S/C32H28ClN3/c1-23(31(20-24-13-15-30(33)16-14-24)28-11-5-7-25(19-28)22-35)36-32(17-18-34)29-12-6-10-27(21-29)26-8-3-2-4-9-26/h2-16,19,21,23,31-32,36H,17,20H2,1H3/t23?,31?,32-/m0/s1. The van der Waals surface area contributed by atoms with Gasteiger partial charge in [0.25, 0.3) is 0 Å². The Hall–Kier alpha value is -3.89. The van der Waals surface area contributed by atoms with E-state index < -0.39 is 0 Å². The third-order valence-corrected chi connectivity index (χ3v) is 6.82. The van der Waals surface area contributed by atoms with Crippen molar-refractivity contribution in [1.29, 1.82) is 10.5 Å². The molecule has 3 nitrogen and oxygen atoms in total. The lowest BCUT2D eigenvalue weighted by molar-refractivity contribution is 0.401. The second-order valence-corrected chi connectivity index (χ2v) is 9.47. The van der Waals surface area contributed by atoms with Gasteiger partial charge in [-0.1, -0.05) is 84.4 Å². The van der Waals surface area contributed by atoms with Gasteiger partial charge in [0.2, 0.25) is 0 Å². The van der Waals surface area contributed by atoms with Gasteiger partial charge >= 0.3 is 0 Å². The van der Waals surface area contributed by atoms with Crippen molar-refractivity contribution in [2.75, 3.05) is 0 Å². The van der Waals surface area contributed by atoms with E-state index in [4.69, 9.17) is 11.6 Å². The van der Waals surface area contributed by atoms with Crippen LogP contribution >= 0.6 is 11.6 Å². The zero-order valence-electron chi connectivity index (χ0n) is 20.2. The summed E-state index contributed by atoms with van der Waals surface area (Å²) in [5, 5.41) is 23.6. The van der Waals surface area contributed by atoms with E-state index in [1.165, 1.54) is 5.56 Å². The maximum atomic E-state index is 9.64. The number of nitriles is 2. The first-order chi connectivity index (χ1) is 17.6. The molecule has 0 aromatic heterocycles. The lowest BCUT2D eigenvalue weighted by Crippen LogP contribution is -2.36. The van der Waals surface area contributed by atoms with E-state index in [1.807, 2.05) is 60.7 Å². The fourth-order valence-electron chi connectivity index (χ4n) is 4.66. The van der Waals surface area contributed by atoms with E-state index in [1.54, 1.807) is 0 Å². The van der Waals surface area contributed by atoms with Gasteiger partial charge in [-0.3, -0.25) is 0 Å². The van der Waals surface area contributed by atoms with Crippen molar-refractivity contribution in [1.82, 2.24) is 5.32 Å². The van der Waals surface area contributed by atoms with Gasteiger partial charge < -0.3 is 5.32 Å². The zero-order valence-corrected chi connectivity index (χ0v) is 21.0. The quantitative estimate of drug-likeness (QED) is 0.260. The van der Waals surface area contributed by atoms with Gasteiger partial charge in [-0.25, -0.2) is 0 Å². The van der Waals surface area contributed by atoms with Gasteiger partial charge in [0.05, 0.1) is 24.1 Å². The summed E-state index contributed by atoms with van der Waals surface area (Å²) in [4.78, 5) is 0. The number of hydrogen-bond donors (Lipinski definition) is 1. The minimum atomic E-state index is -0.125. The van der Waals surface area contributed by atoms with Gasteiger partial charge in [0.1, 0.15) is 0 Å². The van der Waals surface area contributed by atoms with Crippen LogP contribution in [0.2, 0.25) is 5.02 Å². The molecule has 0 aliphatic rings. The molecular weight excluding hydrogens is 462 g/mol. The smallest absolute Gasteiger partial charge is 0.0991 e. The first-order valence-electron chi connectivity index (χ1n) is 12.1. The first kappa shape index (κ1) is 25.2. The van der Waals surface area contributed by atoms with Crippen LogP contribution in [0.5, 0.6) is 0 Å². The Balaban J connectivity index is 1.64. The molecule has 0 radical (unpaired) electrons. The van der Waals surface area contributed by atoms with Crippen LogP contribution in [0.4, 0.5) is 0 Å². The fraction of sp³-hybridized carbons (Fsp3) is 0.188. The van der Waals surface area contributed by atoms with Crippen molar-refractivity contribution in [3.8, 4) is 23.3 Å². The lowest BCUT2D eigenvalue weighted by atomic mass is 9.85. The fourth-order valence-corrected chi connectivity index (χ4v) is 4.79. The van der Waals surface area contributed by atoms with Gasteiger partial charge in [-0.2, -0.15) is 10.5 Å². The van der Waals surface area contributed by atoms with Crippen molar-refractivity contribution in [3.63, 3.8) is 0 Å². The SMILES string of the molecule is CC(N[C@@H](CC#N)c1cccc(-c2ccccc2)c1)C(Cc1ccc(Cl)cc1)c1cccc(C#N)c1. The van der Waals surface area contributed by atoms with Crippen LogP contribution in [0.3, 0.4) is 0 Å². The minimum Gasteiger partial charge on any atom is -0.306 e. The van der Waals surface area contributed by atoms with E-state index >= 15 is 0 Å². The van der Waals surface area contributed by atoms with E-state index in [0.717, 1.165) is 28.7 Å². The van der Waals surface area contributed by atoms with Crippen LogP contribution in [-0.2, 0) is 6.42 Å². The largest absolute Gasteiger partial charge is 0.306 e. The molecule has 178 valence electrons. The average molecular weight is 490 g/mol. The highest BCUT2D eigenvalue weighted by molar-refractivity contribution is 6.30. The van der Waals surface area contributed by atoms with Crippen molar-refractivity contribution < 1.29 is 0 Å². The Morgan fingerprint density at radius 3 is 2.19 bits per heavy atom. The predicted molar refractivity (Wildman–Crippen MR) is 147 cm³/mol. The second kappa shape index (κ2) is 12.2. The summed E-state index contributed by atoms with van der Waals surface area (Å²) in [5.74, 6) is 0.0953. The van der Waals surface area contributed by atoms with Gasteiger partial charge in [-0.15, -0.1) is 0 Å². The van der Waals surface area contributed by atoms with Crippen molar-refractivity contribution in [2.45, 2.75) is 37.8 Å². The normalized spacial score (nSPS) is 13.2. The van der Waals surface area contributed by atoms with Crippen molar-refractivity contribution in [3.05, 3.63) is 130 Å². The molecule has 1 N–H and O–H groups in total. The second-order valence-electron chi connectivity index (χ2n) is 9.04. The monoisotopic (exact) mass is 489 g/mol. The van der Waals surface area contributed by atoms with Crippen molar-refractivity contribution in [2.24, 2.45) is 0 Å². The average Bonchev–Trinajstić information content (AvgIpc) is 2.93. The topological polar surface area (TPSA) is 59.6 Å². The molecule has 0 aliphatic heterocycles. The molecule has 0 saturated heterocycles. The summed E-state index contributed by atoms with van der Waals surface area (Å²) in [6, 6.07) is 38.9. The summed E-state index contributed by atoms with van der Waals surface area (Å²) >= 11 is 6.12. The lowest BCUT2D eigenvalue weighted by Gasteiger charge is -2.30. The Bertz CT molecular complexity index is 1370. The minimum absolute atomic E-state index is 0.0355. The molecule has 4 heteroatoms. The molecule has 0 spiro atoms. The van der Waals surface area contributed by atoms with Gasteiger partial charge in [-0.05, 0) is 71.5 Å². The first-order valence-corrected chi connectivity index (χ1v) is 12.5. The molecular formula is C32H28ClN3. The number of hydrogen-bond acceptors (Lipinski definition) is 3. The summed E-state index contributed by atoms with van der Waals surface area (Å²) in [5.41, 5.74) is 6.27. The van der Waals surface area contributed by atoms with E-state index in [9.17, 15) is 10.5 Å². The molecule has 0 saturated carbocycles. The summed E-state index contributed by atoms with van der Waals surface area (Å²) in [6.45, 7) is 2.16.